The lowest BCUT2D eigenvalue weighted by atomic mass is 10.1. The lowest BCUT2D eigenvalue weighted by molar-refractivity contribution is -0.114. The molecule has 0 aliphatic carbocycles. The van der Waals surface area contributed by atoms with Crippen molar-refractivity contribution in [3.63, 3.8) is 0 Å². The number of nitrogens with one attached hydrogen (secondary N) is 2. The molecule has 2 aromatic carbocycles. The fraction of sp³-hybridized carbons (Fsp3) is 0.158. The van der Waals surface area contributed by atoms with Gasteiger partial charge in [-0.2, -0.15) is 0 Å². The molecule has 5 heteroatoms. The minimum absolute atomic E-state index is 0.0808. The van der Waals surface area contributed by atoms with Crippen molar-refractivity contribution in [2.24, 2.45) is 0 Å². The van der Waals surface area contributed by atoms with Gasteiger partial charge in [0, 0.05) is 24.4 Å². The Bertz CT molecular complexity index is 925. The monoisotopic (exact) mass is 319 g/mol. The second-order valence-corrected chi connectivity index (χ2v) is 5.97. The van der Waals surface area contributed by atoms with Crippen LogP contribution in [0.5, 0.6) is 0 Å². The largest absolute Gasteiger partial charge is 0.351 e. The molecule has 1 aliphatic heterocycles. The van der Waals surface area contributed by atoms with Crippen molar-refractivity contribution in [2.75, 3.05) is 16.8 Å². The Kier molecular flexibility index (Phi) is 3.34. The average Bonchev–Trinajstić information content (AvgIpc) is 3.18. The second kappa shape index (κ2) is 5.53. The van der Waals surface area contributed by atoms with E-state index in [1.165, 1.54) is 6.92 Å². The summed E-state index contributed by atoms with van der Waals surface area (Å²) in [5.74, 6) is -0.226. The molecule has 3 aromatic rings. The molecule has 0 unspecified atom stereocenters. The van der Waals surface area contributed by atoms with Gasteiger partial charge in [0.1, 0.15) is 5.69 Å². The summed E-state index contributed by atoms with van der Waals surface area (Å²) >= 11 is 0. The molecule has 120 valence electrons. The smallest absolute Gasteiger partial charge is 0.274 e. The Morgan fingerprint density at radius 1 is 1.12 bits per heavy atom. The highest BCUT2D eigenvalue weighted by molar-refractivity contribution is 6.11. The first kappa shape index (κ1) is 14.5. The first-order chi connectivity index (χ1) is 11.6. The molecule has 2 heterocycles. The number of carbonyl (C=O) groups excluding carboxylic acids is 2. The number of amides is 2. The van der Waals surface area contributed by atoms with Crippen molar-refractivity contribution in [3.8, 4) is 0 Å². The standard InChI is InChI=1S/C19H17N3O2/c1-12(23)20-16-8-4-6-13-9-10-22(18(13)16)19(24)17-11-14-5-2-3-7-15(14)21-17/h2-8,11,21H,9-10H2,1H3,(H,20,23). The predicted molar refractivity (Wildman–Crippen MR) is 94.4 cm³/mol. The highest BCUT2D eigenvalue weighted by Crippen LogP contribution is 2.36. The maximum absolute atomic E-state index is 13.0. The summed E-state index contributed by atoms with van der Waals surface area (Å²) in [5.41, 5.74) is 4.06. The van der Waals surface area contributed by atoms with Crippen LogP contribution in [0.1, 0.15) is 23.0 Å². The number of hydrogen-bond acceptors (Lipinski definition) is 2. The van der Waals surface area contributed by atoms with Crippen LogP contribution in [0, 0.1) is 0 Å². The van der Waals surface area contributed by atoms with Crippen LogP contribution in [0.2, 0.25) is 0 Å². The van der Waals surface area contributed by atoms with Crippen LogP contribution < -0.4 is 10.2 Å². The predicted octanol–water partition coefficient (Wildman–Crippen LogP) is 3.33. The van der Waals surface area contributed by atoms with Crippen LogP contribution in [0.3, 0.4) is 0 Å². The van der Waals surface area contributed by atoms with Crippen LogP contribution in [0.25, 0.3) is 10.9 Å². The van der Waals surface area contributed by atoms with Gasteiger partial charge in [-0.15, -0.1) is 0 Å². The summed E-state index contributed by atoms with van der Waals surface area (Å²) in [6, 6.07) is 15.4. The van der Waals surface area contributed by atoms with Crippen molar-refractivity contribution < 1.29 is 9.59 Å². The maximum Gasteiger partial charge on any atom is 0.274 e. The van der Waals surface area contributed by atoms with Crippen LogP contribution in [-0.4, -0.2) is 23.3 Å². The topological polar surface area (TPSA) is 65.2 Å². The normalized spacial score (nSPS) is 13.1. The fourth-order valence-electron chi connectivity index (χ4n) is 3.28. The fourth-order valence-corrected chi connectivity index (χ4v) is 3.28. The Morgan fingerprint density at radius 2 is 1.96 bits per heavy atom. The number of aromatic nitrogens is 1. The van der Waals surface area contributed by atoms with E-state index in [1.54, 1.807) is 4.90 Å². The second-order valence-electron chi connectivity index (χ2n) is 5.97. The minimum Gasteiger partial charge on any atom is -0.351 e. The van der Waals surface area contributed by atoms with Gasteiger partial charge in [0.15, 0.2) is 0 Å². The molecule has 0 saturated carbocycles. The number of fused-ring (bicyclic) bond motifs is 2. The molecular formula is C19H17N3O2. The third-order valence-electron chi connectivity index (χ3n) is 4.31. The Morgan fingerprint density at radius 3 is 2.75 bits per heavy atom. The molecule has 0 spiro atoms. The number of aromatic amines is 1. The van der Waals surface area contributed by atoms with E-state index in [9.17, 15) is 9.59 Å². The van der Waals surface area contributed by atoms with Crippen LogP contribution in [-0.2, 0) is 11.2 Å². The highest BCUT2D eigenvalue weighted by atomic mass is 16.2. The number of para-hydroxylation sites is 2. The minimum atomic E-state index is -0.145. The zero-order chi connectivity index (χ0) is 16.7. The summed E-state index contributed by atoms with van der Waals surface area (Å²) in [6.07, 6.45) is 0.786. The van der Waals surface area contributed by atoms with Crippen molar-refractivity contribution in [2.45, 2.75) is 13.3 Å². The first-order valence-electron chi connectivity index (χ1n) is 7.92. The Labute approximate surface area is 139 Å². The van der Waals surface area contributed by atoms with Gasteiger partial charge in [-0.3, -0.25) is 9.59 Å². The molecule has 0 saturated heterocycles. The van der Waals surface area contributed by atoms with E-state index in [4.69, 9.17) is 0 Å². The Balaban J connectivity index is 1.74. The quantitative estimate of drug-likeness (QED) is 0.761. The molecule has 0 atom stereocenters. The third-order valence-corrected chi connectivity index (χ3v) is 4.31. The summed E-state index contributed by atoms with van der Waals surface area (Å²) in [5, 5.41) is 3.83. The molecule has 5 nitrogen and oxygen atoms in total. The summed E-state index contributed by atoms with van der Waals surface area (Å²) in [4.78, 5) is 29.4. The third kappa shape index (κ3) is 2.34. The number of H-pyrrole nitrogens is 1. The van der Waals surface area contributed by atoms with Gasteiger partial charge in [0.2, 0.25) is 5.91 Å². The molecule has 0 bridgehead atoms. The number of nitrogens with zero attached hydrogens (tertiary/aromatic N) is 1. The molecule has 0 radical (unpaired) electrons. The van der Waals surface area contributed by atoms with Gasteiger partial charge >= 0.3 is 0 Å². The SMILES string of the molecule is CC(=O)Nc1cccc2c1N(C(=O)c1cc3ccccc3[nH]1)CC2. The molecule has 24 heavy (non-hydrogen) atoms. The molecule has 1 aliphatic rings. The van der Waals surface area contributed by atoms with E-state index in [0.29, 0.717) is 17.9 Å². The van der Waals surface area contributed by atoms with Gasteiger partial charge in [0.25, 0.3) is 5.91 Å². The highest BCUT2D eigenvalue weighted by Gasteiger charge is 2.29. The number of anilines is 2. The zero-order valence-electron chi connectivity index (χ0n) is 13.3. The van der Waals surface area contributed by atoms with Gasteiger partial charge in [0.05, 0.1) is 11.4 Å². The molecule has 2 amide bonds. The van der Waals surface area contributed by atoms with Crippen LogP contribution >= 0.6 is 0 Å². The van der Waals surface area contributed by atoms with E-state index in [-0.39, 0.29) is 11.8 Å². The van der Waals surface area contributed by atoms with Crippen molar-refractivity contribution in [3.05, 3.63) is 59.8 Å². The van der Waals surface area contributed by atoms with Crippen LogP contribution in [0.15, 0.2) is 48.5 Å². The molecule has 1 aromatic heterocycles. The van der Waals surface area contributed by atoms with Crippen molar-refractivity contribution in [1.29, 1.82) is 0 Å². The van der Waals surface area contributed by atoms with E-state index >= 15 is 0 Å². The summed E-state index contributed by atoms with van der Waals surface area (Å²) in [6.45, 7) is 2.08. The van der Waals surface area contributed by atoms with Gasteiger partial charge in [-0.1, -0.05) is 30.3 Å². The number of rotatable bonds is 2. The molecule has 0 fully saturated rings. The van der Waals surface area contributed by atoms with E-state index in [1.807, 2.05) is 48.5 Å². The average molecular weight is 319 g/mol. The van der Waals surface area contributed by atoms with E-state index in [0.717, 1.165) is 28.6 Å². The summed E-state index contributed by atoms with van der Waals surface area (Å²) in [7, 11) is 0. The van der Waals surface area contributed by atoms with E-state index in [2.05, 4.69) is 10.3 Å². The van der Waals surface area contributed by atoms with Crippen LogP contribution in [0.4, 0.5) is 11.4 Å². The number of hydrogen-bond donors (Lipinski definition) is 2. The molecule has 2 N–H and O–H groups in total. The van der Waals surface area contributed by atoms with E-state index < -0.39 is 0 Å². The van der Waals surface area contributed by atoms with Crippen molar-refractivity contribution >= 4 is 34.1 Å². The lowest BCUT2D eigenvalue weighted by Gasteiger charge is -2.20. The first-order valence-corrected chi connectivity index (χ1v) is 7.92. The maximum atomic E-state index is 13.0. The molecular weight excluding hydrogens is 302 g/mol. The number of benzene rings is 2. The molecule has 4 rings (SSSR count). The van der Waals surface area contributed by atoms with Gasteiger partial charge < -0.3 is 15.2 Å². The Hall–Kier alpha value is -3.08. The van der Waals surface area contributed by atoms with Gasteiger partial charge in [-0.05, 0) is 30.2 Å². The zero-order valence-corrected chi connectivity index (χ0v) is 13.3. The lowest BCUT2D eigenvalue weighted by Crippen LogP contribution is -2.30. The number of carbonyl (C=O) groups is 2. The van der Waals surface area contributed by atoms with Gasteiger partial charge in [-0.25, -0.2) is 0 Å². The van der Waals surface area contributed by atoms with Crippen molar-refractivity contribution in [1.82, 2.24) is 4.98 Å². The summed E-state index contributed by atoms with van der Waals surface area (Å²) < 4.78 is 0.